The van der Waals surface area contributed by atoms with Crippen molar-refractivity contribution in [3.63, 3.8) is 0 Å². The molecule has 0 amide bonds. The van der Waals surface area contributed by atoms with E-state index in [-0.39, 0.29) is 0 Å². The molecule has 1 saturated carbocycles. The fourth-order valence-electron chi connectivity index (χ4n) is 2.24. The Morgan fingerprint density at radius 1 is 0.824 bits per heavy atom. The zero-order valence-corrected chi connectivity index (χ0v) is 8.67. The van der Waals surface area contributed by atoms with Gasteiger partial charge >= 0.3 is 12.4 Å². The maximum atomic E-state index is 13.3. The quantitative estimate of drug-likeness (QED) is 0.578. The SMILES string of the molecule is CC1CC(F)C(C(F)(F)F)(C(F)(F)F)C(F)C1. The van der Waals surface area contributed by atoms with Crippen LogP contribution in [0.25, 0.3) is 0 Å². The number of hydrogen-bond acceptors (Lipinski definition) is 0. The predicted molar refractivity (Wildman–Crippen MR) is 42.7 cm³/mol. The second-order valence-corrected chi connectivity index (χ2v) is 4.38. The van der Waals surface area contributed by atoms with Crippen molar-refractivity contribution in [2.24, 2.45) is 11.3 Å². The summed E-state index contributed by atoms with van der Waals surface area (Å²) in [6.45, 7) is 1.22. The van der Waals surface area contributed by atoms with Crippen molar-refractivity contribution in [1.29, 1.82) is 0 Å². The van der Waals surface area contributed by atoms with Gasteiger partial charge in [0.05, 0.1) is 0 Å². The van der Waals surface area contributed by atoms with Crippen molar-refractivity contribution in [3.8, 4) is 0 Å². The molecular formula is C9H10F8. The average molecular weight is 270 g/mol. The van der Waals surface area contributed by atoms with Crippen LogP contribution in [0.15, 0.2) is 0 Å². The average Bonchev–Trinajstić information content (AvgIpc) is 1.94. The molecule has 17 heavy (non-hydrogen) atoms. The first-order chi connectivity index (χ1) is 7.44. The van der Waals surface area contributed by atoms with E-state index in [1.165, 1.54) is 6.92 Å². The van der Waals surface area contributed by atoms with Gasteiger partial charge in [0.1, 0.15) is 12.3 Å². The lowest BCUT2D eigenvalue weighted by Crippen LogP contribution is -2.64. The standard InChI is InChI=1S/C9H10F8/c1-4-2-5(10)7(6(11)3-4,8(12,13)14)9(15,16)17/h4-6H,2-3H2,1H3. The predicted octanol–water partition coefficient (Wildman–Crippen LogP) is 4.20. The third-order valence-electron chi connectivity index (χ3n) is 3.14. The number of rotatable bonds is 0. The normalized spacial score (nSPS) is 34.8. The molecule has 0 spiro atoms. The summed E-state index contributed by atoms with van der Waals surface area (Å²) in [5.74, 6) is -0.849. The Hall–Kier alpha value is -0.560. The van der Waals surface area contributed by atoms with E-state index in [0.717, 1.165) is 0 Å². The minimum Gasteiger partial charge on any atom is -0.246 e. The minimum absolute atomic E-state index is 0.849. The molecule has 1 aliphatic carbocycles. The molecule has 0 nitrogen and oxygen atoms in total. The van der Waals surface area contributed by atoms with Gasteiger partial charge in [0.25, 0.3) is 0 Å². The Morgan fingerprint density at radius 3 is 1.35 bits per heavy atom. The van der Waals surface area contributed by atoms with Gasteiger partial charge in [-0.2, -0.15) is 26.3 Å². The lowest BCUT2D eigenvalue weighted by Gasteiger charge is -2.46. The van der Waals surface area contributed by atoms with E-state index in [4.69, 9.17) is 0 Å². The smallest absolute Gasteiger partial charge is 0.246 e. The molecule has 1 rings (SSSR count). The van der Waals surface area contributed by atoms with Gasteiger partial charge in [0.15, 0.2) is 0 Å². The second kappa shape index (κ2) is 3.98. The summed E-state index contributed by atoms with van der Waals surface area (Å²) in [7, 11) is 0. The molecule has 0 bridgehead atoms. The fourth-order valence-corrected chi connectivity index (χ4v) is 2.24. The maximum absolute atomic E-state index is 13.3. The van der Waals surface area contributed by atoms with Gasteiger partial charge in [-0.3, -0.25) is 0 Å². The molecular weight excluding hydrogens is 260 g/mol. The van der Waals surface area contributed by atoms with Crippen LogP contribution in [0.4, 0.5) is 35.1 Å². The Bertz CT molecular complexity index is 250. The van der Waals surface area contributed by atoms with Crippen LogP contribution in [0.3, 0.4) is 0 Å². The van der Waals surface area contributed by atoms with Crippen LogP contribution in [-0.4, -0.2) is 24.7 Å². The molecule has 0 aromatic carbocycles. The van der Waals surface area contributed by atoms with Gasteiger partial charge in [0, 0.05) is 0 Å². The van der Waals surface area contributed by atoms with Crippen molar-refractivity contribution in [2.45, 2.75) is 44.5 Å². The molecule has 0 aromatic heterocycles. The third-order valence-corrected chi connectivity index (χ3v) is 3.14. The van der Waals surface area contributed by atoms with Crippen molar-refractivity contribution in [2.75, 3.05) is 0 Å². The van der Waals surface area contributed by atoms with Crippen molar-refractivity contribution < 1.29 is 35.1 Å². The maximum Gasteiger partial charge on any atom is 0.408 e. The van der Waals surface area contributed by atoms with E-state index in [0.29, 0.717) is 0 Å². The van der Waals surface area contributed by atoms with Crippen LogP contribution in [0.1, 0.15) is 19.8 Å². The summed E-state index contributed by atoms with van der Waals surface area (Å²) in [6, 6.07) is 0. The van der Waals surface area contributed by atoms with Gasteiger partial charge in [-0.1, -0.05) is 6.92 Å². The van der Waals surface area contributed by atoms with Gasteiger partial charge in [-0.15, -0.1) is 0 Å². The van der Waals surface area contributed by atoms with Crippen LogP contribution < -0.4 is 0 Å². The minimum atomic E-state index is -6.00. The number of alkyl halides is 8. The summed E-state index contributed by atoms with van der Waals surface area (Å²) < 4.78 is 102. The lowest BCUT2D eigenvalue weighted by molar-refractivity contribution is -0.383. The first kappa shape index (κ1) is 14.5. The molecule has 102 valence electrons. The van der Waals surface area contributed by atoms with Gasteiger partial charge < -0.3 is 0 Å². The van der Waals surface area contributed by atoms with Crippen molar-refractivity contribution >= 4 is 0 Å². The molecule has 8 heteroatoms. The highest BCUT2D eigenvalue weighted by Crippen LogP contribution is 2.60. The highest BCUT2D eigenvalue weighted by molar-refractivity contribution is 5.07. The van der Waals surface area contributed by atoms with Crippen LogP contribution in [-0.2, 0) is 0 Å². The molecule has 0 aliphatic heterocycles. The fraction of sp³-hybridized carbons (Fsp3) is 1.00. The summed E-state index contributed by atoms with van der Waals surface area (Å²) in [5, 5.41) is 0. The summed E-state index contributed by atoms with van der Waals surface area (Å²) in [4.78, 5) is 0. The third kappa shape index (κ3) is 1.99. The summed E-state index contributed by atoms with van der Waals surface area (Å²) in [6.07, 6.45) is -20.5. The first-order valence-corrected chi connectivity index (χ1v) is 4.86. The van der Waals surface area contributed by atoms with Crippen molar-refractivity contribution in [1.82, 2.24) is 0 Å². The Kier molecular flexibility index (Phi) is 3.40. The first-order valence-electron chi connectivity index (χ1n) is 4.86. The molecule has 0 N–H and O–H groups in total. The Labute approximate surface area is 92.0 Å². The van der Waals surface area contributed by atoms with Gasteiger partial charge in [0.2, 0.25) is 5.41 Å². The monoisotopic (exact) mass is 270 g/mol. The molecule has 1 fully saturated rings. The Balaban J connectivity index is 3.32. The van der Waals surface area contributed by atoms with Crippen LogP contribution in [0, 0.1) is 11.3 Å². The number of halogens is 8. The van der Waals surface area contributed by atoms with E-state index < -0.39 is 48.9 Å². The highest BCUT2D eigenvalue weighted by Gasteiger charge is 2.79. The largest absolute Gasteiger partial charge is 0.408 e. The number of hydrogen-bond donors (Lipinski definition) is 0. The van der Waals surface area contributed by atoms with Crippen LogP contribution >= 0.6 is 0 Å². The van der Waals surface area contributed by atoms with E-state index in [9.17, 15) is 35.1 Å². The molecule has 2 unspecified atom stereocenters. The summed E-state index contributed by atoms with van der Waals surface area (Å²) in [5.41, 5.74) is -4.88. The molecule has 0 saturated heterocycles. The van der Waals surface area contributed by atoms with E-state index >= 15 is 0 Å². The van der Waals surface area contributed by atoms with Gasteiger partial charge in [-0.05, 0) is 18.8 Å². The Morgan fingerprint density at radius 2 is 1.12 bits per heavy atom. The van der Waals surface area contributed by atoms with Crippen molar-refractivity contribution in [3.05, 3.63) is 0 Å². The van der Waals surface area contributed by atoms with E-state index in [1.54, 1.807) is 0 Å². The molecule has 0 radical (unpaired) electrons. The molecule has 0 heterocycles. The topological polar surface area (TPSA) is 0 Å². The van der Waals surface area contributed by atoms with E-state index in [2.05, 4.69) is 0 Å². The van der Waals surface area contributed by atoms with Gasteiger partial charge in [-0.25, -0.2) is 8.78 Å². The molecule has 2 atom stereocenters. The van der Waals surface area contributed by atoms with Crippen LogP contribution in [0.2, 0.25) is 0 Å². The summed E-state index contributed by atoms with van der Waals surface area (Å²) >= 11 is 0. The van der Waals surface area contributed by atoms with E-state index in [1.807, 2.05) is 0 Å². The highest BCUT2D eigenvalue weighted by atomic mass is 19.4. The lowest BCUT2D eigenvalue weighted by atomic mass is 9.67. The van der Waals surface area contributed by atoms with Crippen LogP contribution in [0.5, 0.6) is 0 Å². The second-order valence-electron chi connectivity index (χ2n) is 4.38. The molecule has 0 aromatic rings. The molecule has 1 aliphatic rings. The zero-order valence-electron chi connectivity index (χ0n) is 8.67. The zero-order chi connectivity index (χ0) is 13.6.